The molecule has 2 aromatic carbocycles. The molecule has 5 aromatic rings. The van der Waals surface area contributed by atoms with Crippen molar-refractivity contribution in [3.8, 4) is 22.7 Å². The van der Waals surface area contributed by atoms with Crippen molar-refractivity contribution >= 4 is 28.1 Å². The molecule has 3 aromatic heterocycles. The molecular weight excluding hydrogens is 416 g/mol. The summed E-state index contributed by atoms with van der Waals surface area (Å²) >= 11 is 1.22. The van der Waals surface area contributed by atoms with Gasteiger partial charge in [-0.25, -0.2) is 0 Å². The highest BCUT2D eigenvalue weighted by Gasteiger charge is 2.14. The quantitative estimate of drug-likeness (QED) is 0.317. The van der Waals surface area contributed by atoms with Crippen LogP contribution in [0.4, 0.5) is 5.69 Å². The maximum Gasteiger partial charge on any atom is 0.291 e. The Balaban J connectivity index is 1.51. The van der Waals surface area contributed by atoms with Crippen LogP contribution in [0.15, 0.2) is 69.9 Å². The summed E-state index contributed by atoms with van der Waals surface area (Å²) in [4.78, 5) is 28.3. The van der Waals surface area contributed by atoms with Crippen molar-refractivity contribution < 1.29 is 9.34 Å². The van der Waals surface area contributed by atoms with Crippen LogP contribution in [0.5, 0.6) is 0 Å². The van der Waals surface area contributed by atoms with Crippen LogP contribution in [0.2, 0.25) is 0 Å². The second-order valence-corrected chi connectivity index (χ2v) is 7.88. The number of aromatic nitrogens is 3. The van der Waals surface area contributed by atoms with Gasteiger partial charge in [-0.05, 0) is 24.6 Å². The first-order chi connectivity index (χ1) is 15.0. The maximum absolute atomic E-state index is 12.8. The largest absolute Gasteiger partial charge is 0.457 e. The molecular formula is C22H14N4O4S. The van der Waals surface area contributed by atoms with Crippen LogP contribution >= 0.6 is 11.3 Å². The van der Waals surface area contributed by atoms with E-state index < -0.39 is 4.92 Å². The second-order valence-electron chi connectivity index (χ2n) is 6.87. The van der Waals surface area contributed by atoms with E-state index in [1.165, 1.54) is 28.0 Å². The van der Waals surface area contributed by atoms with Crippen molar-refractivity contribution in [3.05, 3.63) is 97.0 Å². The average Bonchev–Trinajstić information content (AvgIpc) is 3.46. The van der Waals surface area contributed by atoms with Gasteiger partial charge in [-0.2, -0.15) is 9.50 Å². The van der Waals surface area contributed by atoms with Gasteiger partial charge in [0.05, 0.1) is 4.92 Å². The lowest BCUT2D eigenvalue weighted by Gasteiger charge is -1.98. The van der Waals surface area contributed by atoms with Gasteiger partial charge in [0.1, 0.15) is 16.1 Å². The number of hydrogen-bond acceptors (Lipinski definition) is 7. The predicted octanol–water partition coefficient (Wildman–Crippen LogP) is 3.84. The predicted molar refractivity (Wildman–Crippen MR) is 117 cm³/mol. The van der Waals surface area contributed by atoms with E-state index in [1.54, 1.807) is 30.3 Å². The molecule has 0 N–H and O–H groups in total. The van der Waals surface area contributed by atoms with Gasteiger partial charge in [-0.3, -0.25) is 14.9 Å². The fourth-order valence-electron chi connectivity index (χ4n) is 3.26. The number of nitro groups is 1. The Kier molecular flexibility index (Phi) is 4.45. The van der Waals surface area contributed by atoms with E-state index in [-0.39, 0.29) is 11.2 Å². The van der Waals surface area contributed by atoms with Crippen LogP contribution < -0.4 is 10.1 Å². The number of thiazole rings is 1. The van der Waals surface area contributed by atoms with Gasteiger partial charge in [0.2, 0.25) is 4.96 Å². The Morgan fingerprint density at radius 3 is 2.74 bits per heavy atom. The highest BCUT2D eigenvalue weighted by atomic mass is 32.1. The number of hydrogen-bond donors (Lipinski definition) is 0. The van der Waals surface area contributed by atoms with Crippen LogP contribution in [-0.4, -0.2) is 19.5 Å². The third kappa shape index (κ3) is 3.40. The van der Waals surface area contributed by atoms with Gasteiger partial charge in [0.15, 0.2) is 5.82 Å². The van der Waals surface area contributed by atoms with E-state index in [9.17, 15) is 14.9 Å². The van der Waals surface area contributed by atoms with Crippen LogP contribution in [-0.2, 0) is 0 Å². The van der Waals surface area contributed by atoms with Crippen LogP contribution in [0.3, 0.4) is 0 Å². The zero-order chi connectivity index (χ0) is 21.5. The van der Waals surface area contributed by atoms with Gasteiger partial charge in [-0.1, -0.05) is 47.7 Å². The molecule has 0 amide bonds. The van der Waals surface area contributed by atoms with Crippen molar-refractivity contribution in [1.82, 2.24) is 14.6 Å². The molecule has 0 fully saturated rings. The number of aryl methyl sites for hydroxylation is 1. The Morgan fingerprint density at radius 1 is 1.13 bits per heavy atom. The molecule has 0 spiro atoms. The third-order valence-electron chi connectivity index (χ3n) is 4.81. The zero-order valence-corrected chi connectivity index (χ0v) is 17.0. The number of fused-ring (bicyclic) bond motifs is 1. The molecule has 152 valence electrons. The molecule has 8 nitrogen and oxygen atoms in total. The number of benzene rings is 2. The second kappa shape index (κ2) is 7.29. The van der Waals surface area contributed by atoms with E-state index in [1.807, 2.05) is 31.2 Å². The van der Waals surface area contributed by atoms with Gasteiger partial charge in [0.25, 0.3) is 11.2 Å². The number of non-ortho nitro benzene ring substituents is 1. The molecule has 5 rings (SSSR count). The first-order valence-corrected chi connectivity index (χ1v) is 10.1. The minimum atomic E-state index is -0.456. The monoisotopic (exact) mass is 430 g/mol. The minimum absolute atomic E-state index is 0.0173. The number of rotatable bonds is 4. The summed E-state index contributed by atoms with van der Waals surface area (Å²) < 4.78 is 7.51. The highest BCUT2D eigenvalue weighted by molar-refractivity contribution is 7.15. The molecule has 0 saturated heterocycles. The highest BCUT2D eigenvalue weighted by Crippen LogP contribution is 2.26. The van der Waals surface area contributed by atoms with E-state index >= 15 is 0 Å². The molecule has 0 atom stereocenters. The van der Waals surface area contributed by atoms with E-state index in [4.69, 9.17) is 4.42 Å². The topological polar surface area (TPSA) is 104 Å². The molecule has 31 heavy (non-hydrogen) atoms. The first kappa shape index (κ1) is 18.9. The van der Waals surface area contributed by atoms with E-state index in [2.05, 4.69) is 10.1 Å². The third-order valence-corrected chi connectivity index (χ3v) is 5.77. The molecule has 0 aliphatic heterocycles. The molecule has 0 saturated carbocycles. The Hall–Kier alpha value is -4.11. The van der Waals surface area contributed by atoms with Crippen molar-refractivity contribution in [2.45, 2.75) is 6.92 Å². The summed E-state index contributed by atoms with van der Waals surface area (Å²) in [6.07, 6.45) is 1.62. The molecule has 0 unspecified atom stereocenters. The SMILES string of the molecule is Cc1ccccc1-c1nc2sc(=Cc3ccc(-c4cccc([N+](=O)[O-])c4)o3)c(=O)n2n1. The van der Waals surface area contributed by atoms with Crippen LogP contribution in [0.1, 0.15) is 11.3 Å². The van der Waals surface area contributed by atoms with Crippen molar-refractivity contribution in [2.24, 2.45) is 0 Å². The van der Waals surface area contributed by atoms with Gasteiger partial charge >= 0.3 is 0 Å². The van der Waals surface area contributed by atoms with Gasteiger partial charge in [-0.15, -0.1) is 5.10 Å². The van der Waals surface area contributed by atoms with Gasteiger partial charge < -0.3 is 4.42 Å². The lowest BCUT2D eigenvalue weighted by molar-refractivity contribution is -0.384. The lowest BCUT2D eigenvalue weighted by atomic mass is 10.1. The number of nitrogens with zero attached hydrogens (tertiary/aromatic N) is 4. The molecule has 3 heterocycles. The molecule has 0 aliphatic carbocycles. The number of furan rings is 1. The smallest absolute Gasteiger partial charge is 0.291 e. The normalized spacial score (nSPS) is 12.0. The fraction of sp³-hybridized carbons (Fsp3) is 0.0455. The Morgan fingerprint density at radius 2 is 1.97 bits per heavy atom. The van der Waals surface area contributed by atoms with Crippen LogP contribution in [0.25, 0.3) is 33.7 Å². The lowest BCUT2D eigenvalue weighted by Crippen LogP contribution is -2.23. The summed E-state index contributed by atoms with van der Waals surface area (Å²) in [6.45, 7) is 1.97. The Bertz CT molecular complexity index is 1560. The Labute approximate surface area is 178 Å². The van der Waals surface area contributed by atoms with Crippen molar-refractivity contribution in [3.63, 3.8) is 0 Å². The summed E-state index contributed by atoms with van der Waals surface area (Å²) in [5.74, 6) is 1.45. The number of nitro benzene ring substituents is 1. The molecule has 9 heteroatoms. The molecule has 0 radical (unpaired) electrons. The standard InChI is InChI=1S/C22H14N4O4S/c1-13-5-2-3-8-17(13)20-23-22-25(24-20)21(27)19(31-22)12-16-9-10-18(30-16)14-6-4-7-15(11-14)26(28)29/h2-12H,1H3. The molecule has 0 bridgehead atoms. The van der Waals surface area contributed by atoms with Crippen molar-refractivity contribution in [1.29, 1.82) is 0 Å². The zero-order valence-electron chi connectivity index (χ0n) is 16.2. The first-order valence-electron chi connectivity index (χ1n) is 9.31. The summed E-state index contributed by atoms with van der Waals surface area (Å²) in [5, 5.41) is 15.4. The minimum Gasteiger partial charge on any atom is -0.457 e. The van der Waals surface area contributed by atoms with Gasteiger partial charge in [0, 0.05) is 29.3 Å². The van der Waals surface area contributed by atoms with E-state index in [0.29, 0.717) is 32.4 Å². The summed E-state index contributed by atoms with van der Waals surface area (Å²) in [7, 11) is 0. The molecule has 0 aliphatic rings. The maximum atomic E-state index is 12.8. The van der Waals surface area contributed by atoms with Crippen LogP contribution in [0, 0.1) is 17.0 Å². The average molecular weight is 430 g/mol. The summed E-state index contributed by atoms with van der Waals surface area (Å²) in [5.41, 5.74) is 2.21. The summed E-state index contributed by atoms with van der Waals surface area (Å²) in [6, 6.07) is 17.3. The fourth-order valence-corrected chi connectivity index (χ4v) is 4.15. The van der Waals surface area contributed by atoms with Crippen molar-refractivity contribution in [2.75, 3.05) is 0 Å². The van der Waals surface area contributed by atoms with E-state index in [0.717, 1.165) is 11.1 Å².